The van der Waals surface area contributed by atoms with E-state index in [1.165, 1.54) is 6.08 Å². The van der Waals surface area contributed by atoms with Gasteiger partial charge in [-0.3, -0.25) is 10.1 Å². The van der Waals surface area contributed by atoms with Gasteiger partial charge in [-0.1, -0.05) is 22.5 Å². The lowest BCUT2D eigenvalue weighted by molar-refractivity contribution is -0.425. The molecule has 0 radical (unpaired) electrons. The maximum atomic E-state index is 10.3. The highest BCUT2D eigenvalue weighted by atomic mass is 79.9. The average molecular weight is 247 g/mol. The molecule has 4 nitrogen and oxygen atoms in total. The van der Waals surface area contributed by atoms with Gasteiger partial charge in [0.1, 0.15) is 0 Å². The minimum atomic E-state index is -0.492. The Hall–Kier alpha value is -0.940. The second kappa shape index (κ2) is 5.66. The van der Waals surface area contributed by atoms with Gasteiger partial charge in [-0.2, -0.15) is 0 Å². The summed E-state index contributed by atoms with van der Waals surface area (Å²) in [4.78, 5) is 9.86. The Balaban J connectivity index is 4.70. The van der Waals surface area contributed by atoms with Gasteiger partial charge in [0, 0.05) is 10.6 Å². The SMILES string of the molecule is C=C(Br)/C=C(C)\C=C(/CN)[N+](=O)[O-]. The summed E-state index contributed by atoms with van der Waals surface area (Å²) < 4.78 is 0.668. The fourth-order valence-electron chi connectivity index (χ4n) is 0.738. The summed E-state index contributed by atoms with van der Waals surface area (Å²) in [6.45, 7) is 5.25. The summed E-state index contributed by atoms with van der Waals surface area (Å²) >= 11 is 3.12. The molecule has 72 valence electrons. The maximum absolute atomic E-state index is 10.3. The zero-order valence-electron chi connectivity index (χ0n) is 7.29. The van der Waals surface area contributed by atoms with Crippen LogP contribution in [0.4, 0.5) is 0 Å². The Kier molecular flexibility index (Phi) is 5.25. The van der Waals surface area contributed by atoms with Crippen LogP contribution in [0.2, 0.25) is 0 Å². The Morgan fingerprint density at radius 1 is 1.69 bits per heavy atom. The molecule has 0 aromatic carbocycles. The van der Waals surface area contributed by atoms with Gasteiger partial charge in [-0.05, 0) is 18.6 Å². The van der Waals surface area contributed by atoms with E-state index in [2.05, 4.69) is 22.5 Å². The van der Waals surface area contributed by atoms with E-state index < -0.39 is 4.92 Å². The van der Waals surface area contributed by atoms with Crippen LogP contribution in [0.5, 0.6) is 0 Å². The molecule has 5 heteroatoms. The lowest BCUT2D eigenvalue weighted by Crippen LogP contribution is -2.11. The average Bonchev–Trinajstić information content (AvgIpc) is 1.98. The molecule has 0 fully saturated rings. The summed E-state index contributed by atoms with van der Waals surface area (Å²) in [5, 5.41) is 10.3. The molecule has 0 bridgehead atoms. The van der Waals surface area contributed by atoms with Crippen molar-refractivity contribution in [2.45, 2.75) is 6.92 Å². The van der Waals surface area contributed by atoms with Crippen molar-refractivity contribution in [1.29, 1.82) is 0 Å². The van der Waals surface area contributed by atoms with Crippen molar-refractivity contribution in [3.05, 3.63) is 44.6 Å². The molecule has 0 atom stereocenters. The van der Waals surface area contributed by atoms with Gasteiger partial charge in [0.2, 0.25) is 0 Å². The predicted octanol–water partition coefficient (Wildman–Crippen LogP) is 1.96. The third kappa shape index (κ3) is 5.32. The van der Waals surface area contributed by atoms with Crippen LogP contribution in [-0.2, 0) is 0 Å². The Labute approximate surface area is 85.1 Å². The number of halogens is 1. The highest BCUT2D eigenvalue weighted by Crippen LogP contribution is 2.09. The van der Waals surface area contributed by atoms with Gasteiger partial charge < -0.3 is 5.73 Å². The smallest absolute Gasteiger partial charge is 0.259 e. The van der Waals surface area contributed by atoms with Crippen LogP contribution >= 0.6 is 15.9 Å². The van der Waals surface area contributed by atoms with Crippen molar-refractivity contribution in [3.8, 4) is 0 Å². The molecule has 0 unspecified atom stereocenters. The summed E-state index contributed by atoms with van der Waals surface area (Å²) in [6, 6.07) is 0. The van der Waals surface area contributed by atoms with E-state index in [1.807, 2.05) is 0 Å². The highest BCUT2D eigenvalue weighted by molar-refractivity contribution is 9.11. The Bertz CT molecular complexity index is 282. The second-order valence-electron chi connectivity index (χ2n) is 2.43. The fraction of sp³-hybridized carbons (Fsp3) is 0.250. The molecule has 2 N–H and O–H groups in total. The predicted molar refractivity (Wildman–Crippen MR) is 56.0 cm³/mol. The van der Waals surface area contributed by atoms with Gasteiger partial charge in [0.05, 0.1) is 11.5 Å². The number of nitrogens with zero attached hydrogens (tertiary/aromatic N) is 1. The second-order valence-corrected chi connectivity index (χ2v) is 3.45. The number of nitro groups is 1. The van der Waals surface area contributed by atoms with Gasteiger partial charge in [0.25, 0.3) is 5.70 Å². The first-order valence-electron chi connectivity index (χ1n) is 3.55. The molecule has 0 heterocycles. The largest absolute Gasteiger partial charge is 0.321 e. The molecule has 0 aromatic rings. The summed E-state index contributed by atoms with van der Waals surface area (Å²) in [5.41, 5.74) is 5.91. The van der Waals surface area contributed by atoms with Crippen LogP contribution in [0.1, 0.15) is 6.92 Å². The highest BCUT2D eigenvalue weighted by Gasteiger charge is 2.06. The number of hydrogen-bond donors (Lipinski definition) is 1. The molecule has 13 heavy (non-hydrogen) atoms. The molecule has 0 aliphatic rings. The van der Waals surface area contributed by atoms with Crippen molar-refractivity contribution in [3.63, 3.8) is 0 Å². The maximum Gasteiger partial charge on any atom is 0.259 e. The van der Waals surface area contributed by atoms with E-state index in [0.717, 1.165) is 5.57 Å². The van der Waals surface area contributed by atoms with Gasteiger partial charge >= 0.3 is 0 Å². The normalized spacial score (nSPS) is 12.8. The quantitative estimate of drug-likeness (QED) is 0.469. The van der Waals surface area contributed by atoms with Crippen LogP contribution in [0.25, 0.3) is 0 Å². The summed E-state index contributed by atoms with van der Waals surface area (Å²) in [7, 11) is 0. The zero-order chi connectivity index (χ0) is 10.4. The molecule has 0 spiro atoms. The molecule has 0 aliphatic carbocycles. The van der Waals surface area contributed by atoms with Crippen LogP contribution < -0.4 is 5.73 Å². The van der Waals surface area contributed by atoms with Gasteiger partial charge in [-0.25, -0.2) is 0 Å². The van der Waals surface area contributed by atoms with Crippen LogP contribution in [-0.4, -0.2) is 11.5 Å². The van der Waals surface area contributed by atoms with E-state index in [1.54, 1.807) is 13.0 Å². The summed E-state index contributed by atoms with van der Waals surface area (Å²) in [5.74, 6) is 0. The van der Waals surface area contributed by atoms with E-state index in [-0.39, 0.29) is 12.2 Å². The topological polar surface area (TPSA) is 69.2 Å². The lowest BCUT2D eigenvalue weighted by atomic mass is 10.2. The molecular formula is C8H11BrN2O2. The van der Waals surface area contributed by atoms with Crippen LogP contribution in [0.15, 0.2) is 34.5 Å². The lowest BCUT2D eigenvalue weighted by Gasteiger charge is -1.94. The first kappa shape index (κ1) is 12.1. The Morgan fingerprint density at radius 2 is 2.23 bits per heavy atom. The van der Waals surface area contributed by atoms with E-state index in [4.69, 9.17) is 5.73 Å². The third-order valence-electron chi connectivity index (χ3n) is 1.22. The van der Waals surface area contributed by atoms with E-state index >= 15 is 0 Å². The van der Waals surface area contributed by atoms with Crippen molar-refractivity contribution in [2.75, 3.05) is 6.54 Å². The van der Waals surface area contributed by atoms with Crippen molar-refractivity contribution in [2.24, 2.45) is 5.73 Å². The van der Waals surface area contributed by atoms with Gasteiger partial charge in [0.15, 0.2) is 0 Å². The third-order valence-corrected chi connectivity index (χ3v) is 1.45. The first-order chi connectivity index (χ1) is 5.97. The van der Waals surface area contributed by atoms with E-state index in [9.17, 15) is 10.1 Å². The molecule has 0 rings (SSSR count). The molecule has 0 amide bonds. The monoisotopic (exact) mass is 246 g/mol. The van der Waals surface area contributed by atoms with Crippen molar-refractivity contribution < 1.29 is 4.92 Å². The molecule has 0 saturated carbocycles. The molecule has 0 saturated heterocycles. The van der Waals surface area contributed by atoms with Crippen molar-refractivity contribution >= 4 is 15.9 Å². The molecular weight excluding hydrogens is 236 g/mol. The van der Waals surface area contributed by atoms with Crippen LogP contribution in [0, 0.1) is 10.1 Å². The van der Waals surface area contributed by atoms with E-state index in [0.29, 0.717) is 4.48 Å². The number of hydrogen-bond acceptors (Lipinski definition) is 3. The fourth-order valence-corrected chi connectivity index (χ4v) is 1.10. The summed E-state index contributed by atoms with van der Waals surface area (Å²) in [6.07, 6.45) is 3.10. The number of rotatable bonds is 4. The standard InChI is InChI=1S/C8H11BrN2O2/c1-6(3-7(2)9)4-8(5-10)11(12)13/h3-4H,2,5,10H2,1H3/b6-3-,8-4+. The Morgan fingerprint density at radius 3 is 2.54 bits per heavy atom. The van der Waals surface area contributed by atoms with Crippen LogP contribution in [0.3, 0.4) is 0 Å². The minimum Gasteiger partial charge on any atom is -0.321 e. The molecule has 0 aromatic heterocycles. The first-order valence-corrected chi connectivity index (χ1v) is 4.34. The van der Waals surface area contributed by atoms with Gasteiger partial charge in [-0.15, -0.1) is 0 Å². The number of nitrogens with two attached hydrogens (primary N) is 1. The zero-order valence-corrected chi connectivity index (χ0v) is 8.87. The molecule has 0 aliphatic heterocycles. The number of allylic oxidation sites excluding steroid dienone is 4. The minimum absolute atomic E-state index is 0.0116. The van der Waals surface area contributed by atoms with Crippen molar-refractivity contribution in [1.82, 2.24) is 0 Å².